The minimum atomic E-state index is -0.255. The van der Waals surface area contributed by atoms with Crippen LogP contribution >= 0.6 is 0 Å². The normalized spacial score (nSPS) is 11.0. The van der Waals surface area contributed by atoms with Gasteiger partial charge in [-0.3, -0.25) is 14.0 Å². The Balaban J connectivity index is 2.08. The molecule has 0 aliphatic carbocycles. The van der Waals surface area contributed by atoms with E-state index in [1.165, 1.54) is 10.5 Å². The minimum absolute atomic E-state index is 0.0382. The third-order valence-corrected chi connectivity index (χ3v) is 3.17. The summed E-state index contributed by atoms with van der Waals surface area (Å²) in [4.78, 5) is 27.9. The van der Waals surface area contributed by atoms with E-state index in [1.807, 2.05) is 13.0 Å². The van der Waals surface area contributed by atoms with Crippen LogP contribution in [0.25, 0.3) is 5.65 Å². The van der Waals surface area contributed by atoms with Gasteiger partial charge in [-0.25, -0.2) is 4.98 Å². The number of carbonyl (C=O) groups is 1. The summed E-state index contributed by atoms with van der Waals surface area (Å²) in [5.41, 5.74) is 1.85. The van der Waals surface area contributed by atoms with Gasteiger partial charge in [-0.15, -0.1) is 0 Å². The molecule has 2 aromatic heterocycles. The molecule has 5 heteroatoms. The highest BCUT2D eigenvalue weighted by molar-refractivity contribution is 5.69. The Kier molecular flexibility index (Phi) is 4.73. The van der Waals surface area contributed by atoms with Crippen molar-refractivity contribution in [3.63, 3.8) is 0 Å². The standard InChI is InChI=1S/C16H20N2O3/c1-11(2)4-7-16(20)21-10-13-8-15(19)18-9-12(3)5-6-14(18)17-13/h5-6,8-9,11H,4,7,10H2,1-3H3. The largest absolute Gasteiger partial charge is 0.459 e. The van der Waals surface area contributed by atoms with Crippen molar-refractivity contribution in [3.8, 4) is 0 Å². The number of hydrogen-bond acceptors (Lipinski definition) is 4. The molecule has 2 aromatic rings. The summed E-state index contributed by atoms with van der Waals surface area (Å²) in [6.07, 6.45) is 2.93. The molecule has 2 rings (SSSR count). The van der Waals surface area contributed by atoms with Crippen molar-refractivity contribution in [2.75, 3.05) is 0 Å². The first-order chi connectivity index (χ1) is 9.95. The van der Waals surface area contributed by atoms with Crippen molar-refractivity contribution in [2.24, 2.45) is 5.92 Å². The zero-order valence-electron chi connectivity index (χ0n) is 12.6. The Hall–Kier alpha value is -2.17. The molecule has 0 aromatic carbocycles. The first-order valence-corrected chi connectivity index (χ1v) is 7.10. The number of rotatable bonds is 5. The number of fused-ring (bicyclic) bond motifs is 1. The summed E-state index contributed by atoms with van der Waals surface area (Å²) < 4.78 is 6.64. The van der Waals surface area contributed by atoms with Crippen LogP contribution in [-0.2, 0) is 16.1 Å². The van der Waals surface area contributed by atoms with Gasteiger partial charge in [0.05, 0.1) is 5.69 Å². The second-order valence-electron chi connectivity index (χ2n) is 5.61. The van der Waals surface area contributed by atoms with Gasteiger partial charge >= 0.3 is 5.97 Å². The summed E-state index contributed by atoms with van der Waals surface area (Å²) in [6, 6.07) is 5.07. The van der Waals surface area contributed by atoms with Gasteiger partial charge in [0.25, 0.3) is 5.56 Å². The van der Waals surface area contributed by atoms with E-state index >= 15 is 0 Å². The molecule has 0 bridgehead atoms. The van der Waals surface area contributed by atoms with Crippen LogP contribution in [-0.4, -0.2) is 15.4 Å². The van der Waals surface area contributed by atoms with Crippen LogP contribution in [0.2, 0.25) is 0 Å². The van der Waals surface area contributed by atoms with Gasteiger partial charge in [-0.2, -0.15) is 0 Å². The molecule has 0 atom stereocenters. The van der Waals surface area contributed by atoms with E-state index in [0.29, 0.717) is 23.7 Å². The molecule has 0 saturated carbocycles. The van der Waals surface area contributed by atoms with Gasteiger partial charge in [-0.05, 0) is 30.9 Å². The zero-order valence-corrected chi connectivity index (χ0v) is 12.6. The molecule has 0 aliphatic rings. The van der Waals surface area contributed by atoms with Gasteiger partial charge in [0.2, 0.25) is 0 Å². The zero-order chi connectivity index (χ0) is 15.4. The molecule has 21 heavy (non-hydrogen) atoms. The number of nitrogens with zero attached hydrogens (tertiary/aromatic N) is 2. The maximum absolute atomic E-state index is 12.0. The minimum Gasteiger partial charge on any atom is -0.459 e. The summed E-state index contributed by atoms with van der Waals surface area (Å²) in [7, 11) is 0. The third kappa shape index (κ3) is 4.15. The van der Waals surface area contributed by atoms with E-state index in [2.05, 4.69) is 18.8 Å². The maximum Gasteiger partial charge on any atom is 0.306 e. The monoisotopic (exact) mass is 288 g/mol. The molecule has 0 fully saturated rings. The SMILES string of the molecule is Cc1ccc2nc(COC(=O)CCC(C)C)cc(=O)n2c1. The van der Waals surface area contributed by atoms with Crippen molar-refractivity contribution in [3.05, 3.63) is 46.0 Å². The van der Waals surface area contributed by atoms with Gasteiger partial charge in [-0.1, -0.05) is 19.9 Å². The summed E-state index contributed by atoms with van der Waals surface area (Å²) in [6.45, 7) is 6.06. The third-order valence-electron chi connectivity index (χ3n) is 3.17. The molecule has 112 valence electrons. The summed E-state index contributed by atoms with van der Waals surface area (Å²) in [5, 5.41) is 0. The maximum atomic E-state index is 12.0. The number of esters is 1. The molecule has 0 saturated heterocycles. The molecule has 0 aliphatic heterocycles. The fourth-order valence-electron chi connectivity index (χ4n) is 1.97. The Bertz CT molecular complexity index is 704. The molecule has 0 unspecified atom stereocenters. The number of pyridine rings is 1. The van der Waals surface area contributed by atoms with Gasteiger partial charge in [0.1, 0.15) is 12.3 Å². The van der Waals surface area contributed by atoms with E-state index in [0.717, 1.165) is 12.0 Å². The first kappa shape index (κ1) is 15.2. The van der Waals surface area contributed by atoms with E-state index < -0.39 is 0 Å². The van der Waals surface area contributed by atoms with E-state index in [4.69, 9.17) is 4.74 Å². The Morgan fingerprint density at radius 3 is 2.86 bits per heavy atom. The fraction of sp³-hybridized carbons (Fsp3) is 0.438. The average molecular weight is 288 g/mol. The highest BCUT2D eigenvalue weighted by Gasteiger charge is 2.07. The number of carbonyl (C=O) groups excluding carboxylic acids is 1. The van der Waals surface area contributed by atoms with Gasteiger partial charge < -0.3 is 4.74 Å². The van der Waals surface area contributed by atoms with Crippen LogP contribution in [0.1, 0.15) is 37.9 Å². The quantitative estimate of drug-likeness (QED) is 0.793. The highest BCUT2D eigenvalue weighted by atomic mass is 16.5. The van der Waals surface area contributed by atoms with Gasteiger partial charge in [0, 0.05) is 18.7 Å². The molecule has 0 amide bonds. The number of hydrogen-bond donors (Lipinski definition) is 0. The topological polar surface area (TPSA) is 60.7 Å². The van der Waals surface area contributed by atoms with Gasteiger partial charge in [0.15, 0.2) is 0 Å². The lowest BCUT2D eigenvalue weighted by molar-refractivity contribution is -0.145. The van der Waals surface area contributed by atoms with E-state index in [-0.39, 0.29) is 18.1 Å². The fourth-order valence-corrected chi connectivity index (χ4v) is 1.97. The van der Waals surface area contributed by atoms with E-state index in [9.17, 15) is 9.59 Å². The molecular formula is C16H20N2O3. The predicted octanol–water partition coefficient (Wildman–Crippen LogP) is 2.48. The molecule has 2 heterocycles. The van der Waals surface area contributed by atoms with Crippen LogP contribution in [0.4, 0.5) is 0 Å². The lowest BCUT2D eigenvalue weighted by Gasteiger charge is -2.07. The van der Waals surface area contributed by atoms with Crippen LogP contribution in [0.15, 0.2) is 29.2 Å². The molecule has 0 N–H and O–H groups in total. The van der Waals surface area contributed by atoms with Crippen LogP contribution in [0.3, 0.4) is 0 Å². The van der Waals surface area contributed by atoms with Crippen LogP contribution in [0.5, 0.6) is 0 Å². The molecule has 0 radical (unpaired) electrons. The van der Waals surface area contributed by atoms with Crippen molar-refractivity contribution < 1.29 is 9.53 Å². The summed E-state index contributed by atoms with van der Waals surface area (Å²) in [5.74, 6) is 0.207. The molecule has 0 spiro atoms. The summed E-state index contributed by atoms with van der Waals surface area (Å²) >= 11 is 0. The molecular weight excluding hydrogens is 268 g/mol. The van der Waals surface area contributed by atoms with E-state index in [1.54, 1.807) is 12.3 Å². The Morgan fingerprint density at radius 1 is 1.38 bits per heavy atom. The molecule has 5 nitrogen and oxygen atoms in total. The van der Waals surface area contributed by atoms with Crippen molar-refractivity contribution in [2.45, 2.75) is 40.2 Å². The lowest BCUT2D eigenvalue weighted by atomic mass is 10.1. The van der Waals surface area contributed by atoms with Crippen molar-refractivity contribution in [1.82, 2.24) is 9.38 Å². The average Bonchev–Trinajstić information content (AvgIpc) is 2.43. The predicted molar refractivity (Wildman–Crippen MR) is 80.1 cm³/mol. The van der Waals surface area contributed by atoms with Crippen molar-refractivity contribution >= 4 is 11.6 Å². The first-order valence-electron chi connectivity index (χ1n) is 7.10. The number of aryl methyl sites for hydroxylation is 1. The second kappa shape index (κ2) is 6.52. The lowest BCUT2D eigenvalue weighted by Crippen LogP contribution is -2.17. The second-order valence-corrected chi connectivity index (χ2v) is 5.61. The number of ether oxygens (including phenoxy) is 1. The van der Waals surface area contributed by atoms with Crippen LogP contribution < -0.4 is 5.56 Å². The highest BCUT2D eigenvalue weighted by Crippen LogP contribution is 2.07. The Morgan fingerprint density at radius 2 is 2.14 bits per heavy atom. The number of aromatic nitrogens is 2. The van der Waals surface area contributed by atoms with Crippen molar-refractivity contribution in [1.29, 1.82) is 0 Å². The smallest absolute Gasteiger partial charge is 0.306 e. The Labute approximate surface area is 123 Å². The van der Waals surface area contributed by atoms with Crippen LogP contribution in [0, 0.1) is 12.8 Å².